The van der Waals surface area contributed by atoms with Crippen molar-refractivity contribution in [2.45, 2.75) is 13.0 Å². The van der Waals surface area contributed by atoms with E-state index in [-0.39, 0.29) is 30.3 Å². The van der Waals surface area contributed by atoms with Crippen LogP contribution in [-0.4, -0.2) is 53.2 Å². The molecule has 1 fully saturated rings. The average molecular weight is 280 g/mol. The highest BCUT2D eigenvalue weighted by atomic mass is 16.6. The fraction of sp³-hybridized carbons (Fsp3) is 0.462. The Morgan fingerprint density at radius 3 is 2.95 bits per heavy atom. The third-order valence-corrected chi connectivity index (χ3v) is 3.15. The molecule has 7 heteroatoms. The topological polar surface area (TPSA) is 92.9 Å². The summed E-state index contributed by atoms with van der Waals surface area (Å²) in [4.78, 5) is 24.2. The van der Waals surface area contributed by atoms with E-state index in [1.54, 1.807) is 17.9 Å². The van der Waals surface area contributed by atoms with E-state index in [4.69, 9.17) is 9.84 Å². The number of nitro groups is 1. The monoisotopic (exact) mass is 280 g/mol. The molecule has 1 aliphatic rings. The fourth-order valence-electron chi connectivity index (χ4n) is 2.19. The van der Waals surface area contributed by atoms with Crippen molar-refractivity contribution in [1.29, 1.82) is 0 Å². The number of carbonyl (C=O) groups excluding carboxylic acids is 1. The van der Waals surface area contributed by atoms with Crippen LogP contribution in [0.15, 0.2) is 18.2 Å². The number of non-ortho nitro benzene ring substituents is 1. The first-order chi connectivity index (χ1) is 9.51. The highest BCUT2D eigenvalue weighted by Crippen LogP contribution is 2.19. The molecule has 0 spiro atoms. The van der Waals surface area contributed by atoms with E-state index in [1.165, 1.54) is 12.1 Å². The lowest BCUT2D eigenvalue weighted by molar-refractivity contribution is -0.384. The van der Waals surface area contributed by atoms with Crippen molar-refractivity contribution in [3.05, 3.63) is 39.4 Å². The molecule has 1 amide bonds. The molecule has 7 nitrogen and oxygen atoms in total. The summed E-state index contributed by atoms with van der Waals surface area (Å²) in [5.41, 5.74) is 0.852. The van der Waals surface area contributed by atoms with Gasteiger partial charge in [-0.2, -0.15) is 0 Å². The van der Waals surface area contributed by atoms with Gasteiger partial charge in [0.1, 0.15) is 0 Å². The lowest BCUT2D eigenvalue weighted by Crippen LogP contribution is -2.46. The van der Waals surface area contributed by atoms with Crippen molar-refractivity contribution in [3.63, 3.8) is 0 Å². The molecule has 1 aromatic carbocycles. The van der Waals surface area contributed by atoms with E-state index < -0.39 is 11.0 Å². The zero-order chi connectivity index (χ0) is 14.7. The minimum atomic E-state index is -0.514. The van der Waals surface area contributed by atoms with E-state index >= 15 is 0 Å². The number of hydrogen-bond donors (Lipinski definition) is 1. The largest absolute Gasteiger partial charge is 0.394 e. The predicted octanol–water partition coefficient (Wildman–Crippen LogP) is 0.737. The van der Waals surface area contributed by atoms with Crippen molar-refractivity contribution < 1.29 is 19.6 Å². The molecule has 1 N–H and O–H groups in total. The smallest absolute Gasteiger partial charge is 0.270 e. The number of nitrogens with zero attached hydrogens (tertiary/aromatic N) is 2. The zero-order valence-electron chi connectivity index (χ0n) is 11.1. The number of aliphatic hydroxyl groups is 1. The Labute approximate surface area is 115 Å². The Bertz CT molecular complexity index is 531. The van der Waals surface area contributed by atoms with Crippen molar-refractivity contribution >= 4 is 11.6 Å². The Hall–Kier alpha value is -1.99. The van der Waals surface area contributed by atoms with E-state index in [2.05, 4.69) is 0 Å². The van der Waals surface area contributed by atoms with Crippen LogP contribution in [-0.2, 0) is 4.74 Å². The molecule has 108 valence electrons. The Balaban J connectivity index is 2.22. The molecule has 1 aliphatic heterocycles. The molecule has 0 aliphatic carbocycles. The second-order valence-corrected chi connectivity index (χ2v) is 4.74. The highest BCUT2D eigenvalue weighted by Gasteiger charge is 2.25. The van der Waals surface area contributed by atoms with Crippen LogP contribution >= 0.6 is 0 Å². The number of hydrogen-bond acceptors (Lipinski definition) is 5. The number of nitro benzene ring substituents is 1. The molecule has 2 rings (SSSR count). The van der Waals surface area contributed by atoms with Crippen LogP contribution in [0.25, 0.3) is 0 Å². The number of aliphatic hydroxyl groups excluding tert-OH is 1. The maximum absolute atomic E-state index is 12.4. The number of ether oxygens (including phenoxy) is 1. The Morgan fingerprint density at radius 1 is 1.55 bits per heavy atom. The van der Waals surface area contributed by atoms with Crippen LogP contribution in [0.4, 0.5) is 5.69 Å². The van der Waals surface area contributed by atoms with Crippen molar-refractivity contribution in [3.8, 4) is 0 Å². The van der Waals surface area contributed by atoms with Gasteiger partial charge in [0, 0.05) is 30.8 Å². The molecule has 0 radical (unpaired) electrons. The summed E-state index contributed by atoms with van der Waals surface area (Å²) in [6, 6.07) is 4.32. The normalized spacial score (nSPS) is 18.9. The molecule has 0 bridgehead atoms. The Morgan fingerprint density at radius 2 is 2.30 bits per heavy atom. The van der Waals surface area contributed by atoms with E-state index in [0.29, 0.717) is 18.7 Å². The average Bonchev–Trinajstić information content (AvgIpc) is 2.45. The third-order valence-electron chi connectivity index (χ3n) is 3.15. The van der Waals surface area contributed by atoms with Gasteiger partial charge in [0.2, 0.25) is 0 Å². The minimum Gasteiger partial charge on any atom is -0.394 e. The quantitative estimate of drug-likeness (QED) is 0.651. The summed E-state index contributed by atoms with van der Waals surface area (Å²) < 4.78 is 5.28. The first kappa shape index (κ1) is 14.4. The second-order valence-electron chi connectivity index (χ2n) is 4.74. The van der Waals surface area contributed by atoms with Gasteiger partial charge in [0.25, 0.3) is 11.6 Å². The number of amides is 1. The summed E-state index contributed by atoms with van der Waals surface area (Å²) >= 11 is 0. The SMILES string of the molecule is Cc1cc(C(=O)N2CCOC(CO)C2)cc([N+](=O)[O-])c1. The molecule has 0 saturated carbocycles. The van der Waals surface area contributed by atoms with Crippen LogP contribution < -0.4 is 0 Å². The summed E-state index contributed by atoms with van der Waals surface area (Å²) in [6.07, 6.45) is -0.396. The molecule has 1 unspecified atom stereocenters. The van der Waals surface area contributed by atoms with E-state index in [9.17, 15) is 14.9 Å². The molecule has 1 atom stereocenters. The minimum absolute atomic E-state index is 0.0969. The maximum Gasteiger partial charge on any atom is 0.270 e. The number of carbonyl (C=O) groups is 1. The van der Waals surface area contributed by atoms with Gasteiger partial charge in [-0.05, 0) is 18.6 Å². The number of morpholine rings is 1. The van der Waals surface area contributed by atoms with Crippen molar-refractivity contribution in [1.82, 2.24) is 4.90 Å². The summed E-state index contributed by atoms with van der Waals surface area (Å²) in [7, 11) is 0. The highest BCUT2D eigenvalue weighted by molar-refractivity contribution is 5.95. The van der Waals surface area contributed by atoms with Crippen LogP contribution in [0, 0.1) is 17.0 Å². The lowest BCUT2D eigenvalue weighted by atomic mass is 10.1. The van der Waals surface area contributed by atoms with Gasteiger partial charge in [-0.1, -0.05) is 0 Å². The van der Waals surface area contributed by atoms with Crippen LogP contribution in [0.5, 0.6) is 0 Å². The molecule has 1 aromatic rings. The van der Waals surface area contributed by atoms with Gasteiger partial charge in [0.15, 0.2) is 0 Å². The number of benzene rings is 1. The van der Waals surface area contributed by atoms with Gasteiger partial charge in [-0.3, -0.25) is 14.9 Å². The first-order valence-electron chi connectivity index (χ1n) is 6.29. The van der Waals surface area contributed by atoms with Gasteiger partial charge in [-0.25, -0.2) is 0 Å². The summed E-state index contributed by atoms with van der Waals surface area (Å²) in [5.74, 6) is -0.279. The van der Waals surface area contributed by atoms with Gasteiger partial charge >= 0.3 is 0 Å². The Kier molecular flexibility index (Phi) is 4.31. The molecular weight excluding hydrogens is 264 g/mol. The van der Waals surface area contributed by atoms with E-state index in [0.717, 1.165) is 0 Å². The molecule has 0 aromatic heterocycles. The van der Waals surface area contributed by atoms with E-state index in [1.807, 2.05) is 0 Å². The lowest BCUT2D eigenvalue weighted by Gasteiger charge is -2.32. The second kappa shape index (κ2) is 5.98. The van der Waals surface area contributed by atoms with Crippen molar-refractivity contribution in [2.24, 2.45) is 0 Å². The van der Waals surface area contributed by atoms with Gasteiger partial charge < -0.3 is 14.7 Å². The van der Waals surface area contributed by atoms with Crippen LogP contribution in [0.3, 0.4) is 0 Å². The molecule has 20 heavy (non-hydrogen) atoms. The van der Waals surface area contributed by atoms with Crippen LogP contribution in [0.1, 0.15) is 15.9 Å². The predicted molar refractivity (Wildman–Crippen MR) is 70.6 cm³/mol. The summed E-state index contributed by atoms with van der Waals surface area (Å²) in [5, 5.41) is 19.9. The standard InChI is InChI=1S/C13H16N2O5/c1-9-4-10(6-11(5-9)15(18)19)13(17)14-2-3-20-12(7-14)8-16/h4-6,12,16H,2-3,7-8H2,1H3. The van der Waals surface area contributed by atoms with Gasteiger partial charge in [0.05, 0.1) is 24.2 Å². The zero-order valence-corrected chi connectivity index (χ0v) is 11.1. The molecular formula is C13H16N2O5. The van der Waals surface area contributed by atoms with Crippen LogP contribution in [0.2, 0.25) is 0 Å². The maximum atomic E-state index is 12.4. The van der Waals surface area contributed by atoms with Gasteiger partial charge in [-0.15, -0.1) is 0 Å². The fourth-order valence-corrected chi connectivity index (χ4v) is 2.19. The molecule has 1 saturated heterocycles. The third kappa shape index (κ3) is 3.12. The van der Waals surface area contributed by atoms with Crippen molar-refractivity contribution in [2.75, 3.05) is 26.3 Å². The number of rotatable bonds is 3. The molecule has 1 heterocycles. The number of aryl methyl sites for hydroxylation is 1. The summed E-state index contributed by atoms with van der Waals surface area (Å²) in [6.45, 7) is 2.61. The first-order valence-corrected chi connectivity index (χ1v) is 6.29.